The van der Waals surface area contributed by atoms with Crippen molar-refractivity contribution in [3.05, 3.63) is 95.1 Å². The number of aromatic nitrogens is 5. The van der Waals surface area contributed by atoms with Crippen LogP contribution in [0, 0.1) is 6.92 Å². The number of aryl methyl sites for hydroxylation is 2. The van der Waals surface area contributed by atoms with Gasteiger partial charge in [-0.05, 0) is 54.9 Å². The summed E-state index contributed by atoms with van der Waals surface area (Å²) in [5.74, 6) is 0.626. The number of hydrogen-bond acceptors (Lipinski definition) is 8. The second-order valence-electron chi connectivity index (χ2n) is 11.5. The molecule has 4 heterocycles. The van der Waals surface area contributed by atoms with Gasteiger partial charge in [0.1, 0.15) is 0 Å². The molecule has 0 amide bonds. The van der Waals surface area contributed by atoms with Crippen molar-refractivity contribution in [2.75, 3.05) is 38.5 Å². The van der Waals surface area contributed by atoms with Crippen molar-refractivity contribution in [2.45, 2.75) is 26.1 Å². The van der Waals surface area contributed by atoms with E-state index in [1.165, 1.54) is 6.07 Å². The highest BCUT2D eigenvalue weighted by Crippen LogP contribution is 2.34. The number of piperazine rings is 1. The van der Waals surface area contributed by atoms with Gasteiger partial charge in [-0.1, -0.05) is 24.3 Å². The van der Waals surface area contributed by atoms with Gasteiger partial charge in [-0.25, -0.2) is 15.0 Å². The number of ketones is 1. The minimum atomic E-state index is -4.52. The van der Waals surface area contributed by atoms with Crippen LogP contribution in [0.3, 0.4) is 0 Å². The minimum absolute atomic E-state index is 0.163. The maximum absolute atomic E-state index is 14.1. The number of fused-ring (bicyclic) bond motifs is 1. The molecule has 0 atom stereocenters. The smallest absolute Gasteiger partial charge is 0.338 e. The number of hydrogen-bond donors (Lipinski definition) is 1. The molecule has 45 heavy (non-hydrogen) atoms. The van der Waals surface area contributed by atoms with E-state index in [9.17, 15) is 18.0 Å². The zero-order valence-corrected chi connectivity index (χ0v) is 25.3. The monoisotopic (exact) mass is 614 g/mol. The van der Waals surface area contributed by atoms with E-state index in [0.717, 1.165) is 30.3 Å². The fourth-order valence-corrected chi connectivity index (χ4v) is 5.45. The minimum Gasteiger partial charge on any atom is -0.338 e. The molecule has 6 rings (SSSR count). The fraction of sp³-hybridized carbons (Fsp3) is 0.303. The van der Waals surface area contributed by atoms with Crippen LogP contribution < -0.4 is 5.32 Å². The number of carbonyl (C=O) groups is 1. The molecular formula is C33H33F3N8O. The molecule has 1 saturated heterocycles. The Hall–Kier alpha value is -4.68. The lowest BCUT2D eigenvalue weighted by atomic mass is 9.97. The molecule has 1 aliphatic heterocycles. The highest BCUT2D eigenvalue weighted by molar-refractivity contribution is 5.99. The van der Waals surface area contributed by atoms with Crippen LogP contribution in [0.15, 0.2) is 67.3 Å². The third-order valence-corrected chi connectivity index (χ3v) is 8.13. The number of halogens is 3. The van der Waals surface area contributed by atoms with Crippen LogP contribution in [0.2, 0.25) is 0 Å². The third-order valence-electron chi connectivity index (χ3n) is 8.13. The van der Waals surface area contributed by atoms with E-state index in [1.54, 1.807) is 53.6 Å². The van der Waals surface area contributed by atoms with E-state index in [0.29, 0.717) is 52.7 Å². The molecule has 12 heteroatoms. The lowest BCUT2D eigenvalue weighted by Gasteiger charge is -2.33. The Morgan fingerprint density at radius 2 is 1.80 bits per heavy atom. The van der Waals surface area contributed by atoms with Crippen molar-refractivity contribution in [1.29, 1.82) is 0 Å². The summed E-state index contributed by atoms with van der Waals surface area (Å²) >= 11 is 0. The molecule has 0 spiro atoms. The molecule has 0 saturated carbocycles. The number of likely N-dealkylation sites (N-methyl/N-ethyl adjacent to an activating group) is 1. The SMILES string of the molecule is Cc1ccc(C(=O)Cc2ccc(CN3CCN(C)CC3)c(C(F)(F)F)c2)cc1Nc1nc(-c2cccnc2)nc2c1ncn2C. The van der Waals surface area contributed by atoms with Gasteiger partial charge in [0, 0.05) is 75.4 Å². The number of pyridine rings is 1. The molecule has 9 nitrogen and oxygen atoms in total. The first-order valence-corrected chi connectivity index (χ1v) is 14.7. The number of rotatable bonds is 8. The van der Waals surface area contributed by atoms with E-state index in [2.05, 4.69) is 25.2 Å². The predicted octanol–water partition coefficient (Wildman–Crippen LogP) is 5.67. The Bertz CT molecular complexity index is 1850. The van der Waals surface area contributed by atoms with Crippen molar-refractivity contribution >= 4 is 28.5 Å². The quantitative estimate of drug-likeness (QED) is 0.224. The molecule has 0 aliphatic carbocycles. The summed E-state index contributed by atoms with van der Waals surface area (Å²) in [6.07, 6.45) is 0.309. The van der Waals surface area contributed by atoms with Gasteiger partial charge >= 0.3 is 6.18 Å². The summed E-state index contributed by atoms with van der Waals surface area (Å²) in [5, 5.41) is 3.32. The highest BCUT2D eigenvalue weighted by atomic mass is 19.4. The molecule has 1 aliphatic rings. The van der Waals surface area contributed by atoms with Crippen molar-refractivity contribution in [2.24, 2.45) is 7.05 Å². The Morgan fingerprint density at radius 1 is 1.00 bits per heavy atom. The molecule has 232 valence electrons. The molecule has 0 radical (unpaired) electrons. The summed E-state index contributed by atoms with van der Waals surface area (Å²) in [4.78, 5) is 35.6. The second kappa shape index (κ2) is 12.4. The largest absolute Gasteiger partial charge is 0.416 e. The van der Waals surface area contributed by atoms with Crippen LogP contribution in [-0.2, 0) is 26.2 Å². The van der Waals surface area contributed by atoms with E-state index in [-0.39, 0.29) is 24.3 Å². The van der Waals surface area contributed by atoms with Gasteiger partial charge in [0.2, 0.25) is 0 Å². The molecule has 0 unspecified atom stereocenters. The van der Waals surface area contributed by atoms with Crippen LogP contribution >= 0.6 is 0 Å². The Kier molecular flexibility index (Phi) is 8.34. The predicted molar refractivity (Wildman–Crippen MR) is 166 cm³/mol. The van der Waals surface area contributed by atoms with E-state index in [1.807, 2.05) is 32.0 Å². The van der Waals surface area contributed by atoms with Gasteiger partial charge in [0.15, 0.2) is 28.6 Å². The van der Waals surface area contributed by atoms with Crippen molar-refractivity contribution in [1.82, 2.24) is 34.3 Å². The van der Waals surface area contributed by atoms with Gasteiger partial charge in [-0.2, -0.15) is 13.2 Å². The third kappa shape index (κ3) is 6.71. The Labute approximate surface area is 258 Å². The summed E-state index contributed by atoms with van der Waals surface area (Å²) in [7, 11) is 3.85. The molecule has 1 fully saturated rings. The number of imidazole rings is 1. The molecule has 5 aromatic rings. The number of benzene rings is 2. The van der Waals surface area contributed by atoms with Gasteiger partial charge in [0.25, 0.3) is 0 Å². The normalized spacial score (nSPS) is 14.6. The number of nitrogens with one attached hydrogen (secondary N) is 1. The molecule has 1 N–H and O–H groups in total. The van der Waals surface area contributed by atoms with Crippen LogP contribution in [0.25, 0.3) is 22.6 Å². The maximum atomic E-state index is 14.1. The average molecular weight is 615 g/mol. The van der Waals surface area contributed by atoms with Gasteiger partial charge in [0.05, 0.1) is 11.9 Å². The first-order valence-electron chi connectivity index (χ1n) is 14.7. The van der Waals surface area contributed by atoms with E-state index >= 15 is 0 Å². The Morgan fingerprint density at radius 3 is 2.53 bits per heavy atom. The summed E-state index contributed by atoms with van der Waals surface area (Å²) in [6.45, 7) is 5.17. The molecule has 3 aromatic heterocycles. The number of alkyl halides is 3. The topological polar surface area (TPSA) is 92.1 Å². The number of anilines is 2. The Balaban J connectivity index is 1.25. The first-order chi connectivity index (χ1) is 21.5. The summed E-state index contributed by atoms with van der Waals surface area (Å²) in [5.41, 5.74) is 3.61. The zero-order chi connectivity index (χ0) is 31.7. The summed E-state index contributed by atoms with van der Waals surface area (Å²) in [6, 6.07) is 13.1. The van der Waals surface area contributed by atoms with Crippen LogP contribution in [0.4, 0.5) is 24.7 Å². The lowest BCUT2D eigenvalue weighted by molar-refractivity contribution is -0.138. The van der Waals surface area contributed by atoms with Crippen LogP contribution in [0.1, 0.15) is 32.6 Å². The summed E-state index contributed by atoms with van der Waals surface area (Å²) < 4.78 is 44.1. The first kappa shape index (κ1) is 30.4. The number of Topliss-reactive ketones (excluding diaryl/α,β-unsaturated/α-hetero) is 1. The highest BCUT2D eigenvalue weighted by Gasteiger charge is 2.34. The second-order valence-corrected chi connectivity index (χ2v) is 11.5. The lowest BCUT2D eigenvalue weighted by Crippen LogP contribution is -2.44. The average Bonchev–Trinajstić information content (AvgIpc) is 3.40. The maximum Gasteiger partial charge on any atom is 0.416 e. The van der Waals surface area contributed by atoms with Crippen LogP contribution in [0.5, 0.6) is 0 Å². The van der Waals surface area contributed by atoms with Gasteiger partial charge < -0.3 is 14.8 Å². The molecule has 2 aromatic carbocycles. The van der Waals surface area contributed by atoms with Crippen molar-refractivity contribution in [3.8, 4) is 11.4 Å². The number of nitrogens with zero attached hydrogens (tertiary/aromatic N) is 7. The van der Waals surface area contributed by atoms with Crippen molar-refractivity contribution < 1.29 is 18.0 Å². The standard InChI is InChI=1S/C33H33F3N8O/c1-21-6-8-23(17-27(21)39-31-29-32(43(3)20-38-29)41-30(40-31)24-5-4-10-37-18-24)28(45)16-22-7-9-25(26(15-22)33(34,35)36)19-44-13-11-42(2)12-14-44/h4-10,15,17-18,20H,11-14,16,19H2,1-3H3,(H,39,40,41). The molecular weight excluding hydrogens is 581 g/mol. The van der Waals surface area contributed by atoms with E-state index < -0.39 is 11.7 Å². The number of carbonyl (C=O) groups excluding carboxylic acids is 1. The molecule has 0 bridgehead atoms. The fourth-order valence-electron chi connectivity index (χ4n) is 5.45. The van der Waals surface area contributed by atoms with Gasteiger partial charge in [-0.15, -0.1) is 0 Å². The van der Waals surface area contributed by atoms with Gasteiger partial charge in [-0.3, -0.25) is 14.7 Å². The van der Waals surface area contributed by atoms with E-state index in [4.69, 9.17) is 4.98 Å². The van der Waals surface area contributed by atoms with Crippen molar-refractivity contribution in [3.63, 3.8) is 0 Å². The zero-order valence-electron chi connectivity index (χ0n) is 25.3. The van der Waals surface area contributed by atoms with Crippen LogP contribution in [-0.4, -0.2) is 73.3 Å².